The molecular formula is C16H21F2N5O. The van der Waals surface area contributed by atoms with Gasteiger partial charge in [-0.25, -0.2) is 13.8 Å². The molecule has 0 spiro atoms. The van der Waals surface area contributed by atoms with Crippen LogP contribution in [-0.2, 0) is 6.54 Å². The van der Waals surface area contributed by atoms with E-state index in [1.54, 1.807) is 13.0 Å². The first kappa shape index (κ1) is 17.8. The molecule has 6 nitrogen and oxygen atoms in total. The Kier molecular flexibility index (Phi) is 6.22. The third-order valence-electron chi connectivity index (χ3n) is 3.37. The van der Waals surface area contributed by atoms with Gasteiger partial charge in [-0.05, 0) is 37.5 Å². The standard InChI is InChI=1S/C16H21F2N5O/c1-4-19-16(21-9-15-22-11(3)23-24-15)20-8-10(2)12-5-6-13(17)14(18)7-12/h5-7,10H,4,8-9H2,1-3H3,(H2,19,20,21). The Morgan fingerprint density at radius 1 is 1.29 bits per heavy atom. The molecule has 0 aliphatic carbocycles. The van der Waals surface area contributed by atoms with Crippen molar-refractivity contribution in [1.82, 2.24) is 20.8 Å². The molecule has 2 rings (SSSR count). The topological polar surface area (TPSA) is 75.3 Å². The molecule has 0 aliphatic rings. The van der Waals surface area contributed by atoms with Crippen LogP contribution in [0.25, 0.3) is 0 Å². The van der Waals surface area contributed by atoms with E-state index in [0.717, 1.165) is 6.07 Å². The van der Waals surface area contributed by atoms with Crippen molar-refractivity contribution in [1.29, 1.82) is 0 Å². The number of aromatic nitrogens is 2. The van der Waals surface area contributed by atoms with Crippen molar-refractivity contribution in [2.24, 2.45) is 4.99 Å². The average Bonchev–Trinajstić information content (AvgIpc) is 2.98. The van der Waals surface area contributed by atoms with Crippen LogP contribution in [0, 0.1) is 18.6 Å². The Bertz CT molecular complexity index is 702. The van der Waals surface area contributed by atoms with Gasteiger partial charge in [0.05, 0.1) is 0 Å². The summed E-state index contributed by atoms with van der Waals surface area (Å²) in [5.41, 5.74) is 0.713. The molecule has 2 N–H and O–H groups in total. The monoisotopic (exact) mass is 337 g/mol. The van der Waals surface area contributed by atoms with Gasteiger partial charge in [-0.1, -0.05) is 18.1 Å². The minimum atomic E-state index is -0.844. The fourth-order valence-electron chi connectivity index (χ4n) is 2.08. The van der Waals surface area contributed by atoms with E-state index in [-0.39, 0.29) is 12.5 Å². The smallest absolute Gasteiger partial charge is 0.248 e. The second-order valence-corrected chi connectivity index (χ2v) is 5.39. The van der Waals surface area contributed by atoms with Crippen molar-refractivity contribution < 1.29 is 13.3 Å². The lowest BCUT2D eigenvalue weighted by Gasteiger charge is -2.16. The van der Waals surface area contributed by atoms with Gasteiger partial charge < -0.3 is 15.2 Å². The molecule has 1 heterocycles. The van der Waals surface area contributed by atoms with Crippen molar-refractivity contribution in [3.05, 3.63) is 47.1 Å². The first-order valence-electron chi connectivity index (χ1n) is 7.76. The normalized spacial score (nSPS) is 13.0. The molecule has 0 radical (unpaired) electrons. The van der Waals surface area contributed by atoms with Crippen LogP contribution in [0.5, 0.6) is 0 Å². The zero-order valence-electron chi connectivity index (χ0n) is 13.9. The van der Waals surface area contributed by atoms with E-state index in [4.69, 9.17) is 4.52 Å². The summed E-state index contributed by atoms with van der Waals surface area (Å²) in [6, 6.07) is 3.93. The fourth-order valence-corrected chi connectivity index (χ4v) is 2.08. The summed E-state index contributed by atoms with van der Waals surface area (Å²) in [7, 11) is 0. The summed E-state index contributed by atoms with van der Waals surface area (Å²) in [5.74, 6) is -0.129. The van der Waals surface area contributed by atoms with Gasteiger partial charge >= 0.3 is 0 Å². The van der Waals surface area contributed by atoms with Crippen LogP contribution in [0.4, 0.5) is 8.78 Å². The maximum atomic E-state index is 13.3. The van der Waals surface area contributed by atoms with E-state index in [1.165, 1.54) is 6.07 Å². The highest BCUT2D eigenvalue weighted by molar-refractivity contribution is 5.79. The number of nitrogens with zero attached hydrogens (tertiary/aromatic N) is 3. The minimum absolute atomic E-state index is 0.0189. The molecule has 0 fully saturated rings. The van der Waals surface area contributed by atoms with E-state index >= 15 is 0 Å². The van der Waals surface area contributed by atoms with Gasteiger partial charge in [0.25, 0.3) is 0 Å². The van der Waals surface area contributed by atoms with Crippen LogP contribution in [0.3, 0.4) is 0 Å². The molecule has 2 aromatic rings. The summed E-state index contributed by atoms with van der Waals surface area (Å²) in [5, 5.41) is 9.97. The van der Waals surface area contributed by atoms with E-state index < -0.39 is 11.6 Å². The molecule has 0 saturated carbocycles. The molecule has 1 aromatic heterocycles. The molecule has 1 atom stereocenters. The van der Waals surface area contributed by atoms with Crippen LogP contribution in [-0.4, -0.2) is 29.2 Å². The number of aryl methyl sites for hydroxylation is 1. The number of benzene rings is 1. The third kappa shape index (κ3) is 5.00. The fraction of sp³-hybridized carbons (Fsp3) is 0.438. The highest BCUT2D eigenvalue weighted by Gasteiger charge is 2.10. The molecule has 0 aliphatic heterocycles. The highest BCUT2D eigenvalue weighted by atomic mass is 19.2. The molecule has 0 amide bonds. The molecule has 0 saturated heterocycles. The predicted octanol–water partition coefficient (Wildman–Crippen LogP) is 2.52. The van der Waals surface area contributed by atoms with Gasteiger partial charge in [0.1, 0.15) is 6.54 Å². The van der Waals surface area contributed by atoms with Crippen LogP contribution < -0.4 is 10.6 Å². The Hall–Kier alpha value is -2.51. The second-order valence-electron chi connectivity index (χ2n) is 5.39. The van der Waals surface area contributed by atoms with E-state index in [0.29, 0.717) is 36.3 Å². The Labute approximate surface area is 139 Å². The maximum absolute atomic E-state index is 13.3. The van der Waals surface area contributed by atoms with Crippen molar-refractivity contribution in [2.75, 3.05) is 13.1 Å². The van der Waals surface area contributed by atoms with Crippen molar-refractivity contribution in [3.63, 3.8) is 0 Å². The second kappa shape index (κ2) is 8.37. The van der Waals surface area contributed by atoms with Gasteiger partial charge in [0.15, 0.2) is 23.4 Å². The highest BCUT2D eigenvalue weighted by Crippen LogP contribution is 2.17. The molecule has 130 valence electrons. The number of guanidine groups is 1. The Morgan fingerprint density at radius 2 is 2.08 bits per heavy atom. The third-order valence-corrected chi connectivity index (χ3v) is 3.37. The number of rotatable bonds is 6. The summed E-state index contributed by atoms with van der Waals surface area (Å²) in [6.45, 7) is 7.07. The van der Waals surface area contributed by atoms with Gasteiger partial charge in [-0.3, -0.25) is 0 Å². The summed E-state index contributed by atoms with van der Waals surface area (Å²) < 4.78 is 31.3. The lowest BCUT2D eigenvalue weighted by molar-refractivity contribution is 0.376. The average molecular weight is 337 g/mol. The zero-order chi connectivity index (χ0) is 17.5. The lowest BCUT2D eigenvalue weighted by atomic mass is 10.0. The molecule has 1 aromatic carbocycles. The molecule has 24 heavy (non-hydrogen) atoms. The Morgan fingerprint density at radius 3 is 2.71 bits per heavy atom. The van der Waals surface area contributed by atoms with Crippen molar-refractivity contribution >= 4 is 5.96 Å². The first-order valence-corrected chi connectivity index (χ1v) is 7.76. The predicted molar refractivity (Wildman–Crippen MR) is 86.6 cm³/mol. The summed E-state index contributed by atoms with van der Waals surface area (Å²) in [6.07, 6.45) is 0. The quantitative estimate of drug-likeness (QED) is 0.626. The number of aliphatic imine (C=N–C) groups is 1. The van der Waals surface area contributed by atoms with Crippen molar-refractivity contribution in [2.45, 2.75) is 33.2 Å². The number of hydrogen-bond donors (Lipinski definition) is 2. The minimum Gasteiger partial charge on any atom is -0.357 e. The molecule has 8 heteroatoms. The molecular weight excluding hydrogens is 316 g/mol. The first-order chi connectivity index (χ1) is 11.5. The largest absolute Gasteiger partial charge is 0.357 e. The summed E-state index contributed by atoms with van der Waals surface area (Å²) in [4.78, 5) is 8.44. The van der Waals surface area contributed by atoms with Crippen molar-refractivity contribution in [3.8, 4) is 0 Å². The summed E-state index contributed by atoms with van der Waals surface area (Å²) >= 11 is 0. The van der Waals surface area contributed by atoms with E-state index in [9.17, 15) is 8.78 Å². The number of hydrogen-bond acceptors (Lipinski definition) is 4. The Balaban J connectivity index is 1.95. The van der Waals surface area contributed by atoms with Crippen LogP contribution in [0.1, 0.15) is 37.0 Å². The number of nitrogens with one attached hydrogen (secondary N) is 2. The van der Waals surface area contributed by atoms with Gasteiger partial charge in [-0.15, -0.1) is 0 Å². The van der Waals surface area contributed by atoms with Gasteiger partial charge in [0.2, 0.25) is 5.89 Å². The van der Waals surface area contributed by atoms with Crippen LogP contribution in [0.15, 0.2) is 27.7 Å². The maximum Gasteiger partial charge on any atom is 0.248 e. The van der Waals surface area contributed by atoms with Gasteiger partial charge in [-0.2, -0.15) is 4.98 Å². The molecule has 1 unspecified atom stereocenters. The van der Waals surface area contributed by atoms with Gasteiger partial charge in [0, 0.05) is 13.1 Å². The van der Waals surface area contributed by atoms with E-state index in [2.05, 4.69) is 25.8 Å². The van der Waals surface area contributed by atoms with Crippen LogP contribution >= 0.6 is 0 Å². The number of halogens is 2. The lowest BCUT2D eigenvalue weighted by Crippen LogP contribution is -2.39. The van der Waals surface area contributed by atoms with E-state index in [1.807, 2.05) is 13.8 Å². The zero-order valence-corrected chi connectivity index (χ0v) is 13.9. The molecule has 0 bridgehead atoms. The van der Waals surface area contributed by atoms with Crippen LogP contribution in [0.2, 0.25) is 0 Å². The SMILES string of the molecule is CCNC(=NCc1nc(C)no1)NCC(C)c1ccc(F)c(F)c1.